The predicted molar refractivity (Wildman–Crippen MR) is 85.5 cm³/mol. The van der Waals surface area contributed by atoms with Gasteiger partial charge in [-0.3, -0.25) is 4.79 Å². The van der Waals surface area contributed by atoms with Crippen molar-refractivity contribution in [3.05, 3.63) is 24.8 Å². The van der Waals surface area contributed by atoms with Gasteiger partial charge in [0.1, 0.15) is 6.10 Å². The molecule has 0 aromatic heterocycles. The molecule has 0 saturated heterocycles. The number of rotatable bonds is 10. The van der Waals surface area contributed by atoms with Crippen molar-refractivity contribution in [3.63, 3.8) is 0 Å². The maximum atomic E-state index is 10.3. The van der Waals surface area contributed by atoms with Gasteiger partial charge in [0.05, 0.1) is 0 Å². The zero-order valence-electron chi connectivity index (χ0n) is 12.5. The summed E-state index contributed by atoms with van der Waals surface area (Å²) in [7, 11) is 0. The van der Waals surface area contributed by atoms with Gasteiger partial charge in [-0.25, -0.2) is 0 Å². The SMILES string of the molecule is C=C[C@@H](O)C#CC#CC/C=C\CCCCCCCC(=O)O. The average molecular weight is 288 g/mol. The molecule has 0 aromatic carbocycles. The van der Waals surface area contributed by atoms with E-state index in [4.69, 9.17) is 10.2 Å². The van der Waals surface area contributed by atoms with Crippen LogP contribution in [0.25, 0.3) is 0 Å². The van der Waals surface area contributed by atoms with Crippen LogP contribution < -0.4 is 0 Å². The lowest BCUT2D eigenvalue weighted by atomic mass is 10.1. The third-order valence-corrected chi connectivity index (χ3v) is 2.74. The first-order valence-electron chi connectivity index (χ1n) is 7.32. The van der Waals surface area contributed by atoms with Crippen LogP contribution in [0.2, 0.25) is 0 Å². The molecule has 0 saturated carbocycles. The van der Waals surface area contributed by atoms with E-state index in [1.807, 2.05) is 6.08 Å². The predicted octanol–water partition coefficient (Wildman–Crippen LogP) is 3.30. The molecule has 0 aliphatic heterocycles. The van der Waals surface area contributed by atoms with Crippen molar-refractivity contribution in [3.8, 4) is 23.7 Å². The topological polar surface area (TPSA) is 57.5 Å². The van der Waals surface area contributed by atoms with Crippen LogP contribution in [0.15, 0.2) is 24.8 Å². The summed E-state index contributed by atoms with van der Waals surface area (Å²) in [5.74, 6) is 9.94. The maximum absolute atomic E-state index is 10.3. The molecule has 0 unspecified atom stereocenters. The Morgan fingerprint density at radius 3 is 2.52 bits per heavy atom. The Balaban J connectivity index is 3.44. The number of hydrogen-bond acceptors (Lipinski definition) is 2. The summed E-state index contributed by atoms with van der Waals surface area (Å²) in [5, 5.41) is 17.5. The Hall–Kier alpha value is -1.97. The molecule has 0 heterocycles. The van der Waals surface area contributed by atoms with Gasteiger partial charge in [0.25, 0.3) is 0 Å². The molecule has 114 valence electrons. The van der Waals surface area contributed by atoms with Crippen molar-refractivity contribution in [1.29, 1.82) is 0 Å². The zero-order valence-corrected chi connectivity index (χ0v) is 12.5. The smallest absolute Gasteiger partial charge is 0.303 e. The van der Waals surface area contributed by atoms with E-state index >= 15 is 0 Å². The number of unbranched alkanes of at least 4 members (excludes halogenated alkanes) is 5. The number of carboxylic acids is 1. The molecule has 0 aliphatic rings. The van der Waals surface area contributed by atoms with Crippen molar-refractivity contribution in [2.75, 3.05) is 0 Å². The monoisotopic (exact) mass is 288 g/mol. The van der Waals surface area contributed by atoms with Crippen LogP contribution in [0.4, 0.5) is 0 Å². The van der Waals surface area contributed by atoms with Gasteiger partial charge < -0.3 is 10.2 Å². The molecule has 2 N–H and O–H groups in total. The third-order valence-electron chi connectivity index (χ3n) is 2.74. The second-order valence-electron chi connectivity index (χ2n) is 4.63. The Labute approximate surface area is 127 Å². The van der Waals surface area contributed by atoms with Crippen molar-refractivity contribution >= 4 is 5.97 Å². The largest absolute Gasteiger partial charge is 0.481 e. The van der Waals surface area contributed by atoms with Gasteiger partial charge in [0.2, 0.25) is 0 Å². The molecule has 0 fully saturated rings. The molecule has 3 heteroatoms. The van der Waals surface area contributed by atoms with Gasteiger partial charge in [-0.05, 0) is 31.1 Å². The van der Waals surface area contributed by atoms with Gasteiger partial charge in [-0.15, -0.1) is 0 Å². The standard InChI is InChI=1S/C18H24O3/c1-2-17(19)15-13-11-9-7-5-3-4-6-8-10-12-14-16-18(20)21/h2-3,5,17,19H,1,4,6-8,10,12,14,16H2,(H,20,21)/b5-3-/t17-/m1/s1. The minimum Gasteiger partial charge on any atom is -0.481 e. The number of allylic oxidation sites excluding steroid dienone is 2. The molecular weight excluding hydrogens is 264 g/mol. The molecule has 3 nitrogen and oxygen atoms in total. The van der Waals surface area contributed by atoms with E-state index in [1.165, 1.54) is 6.08 Å². The summed E-state index contributed by atoms with van der Waals surface area (Å²) >= 11 is 0. The molecule has 0 aliphatic carbocycles. The van der Waals surface area contributed by atoms with E-state index in [1.54, 1.807) is 0 Å². The fourth-order valence-corrected chi connectivity index (χ4v) is 1.59. The molecular formula is C18H24O3. The molecule has 0 aromatic rings. The average Bonchev–Trinajstić information content (AvgIpc) is 2.46. The van der Waals surface area contributed by atoms with E-state index in [9.17, 15) is 4.79 Å². The van der Waals surface area contributed by atoms with Crippen molar-refractivity contribution in [1.82, 2.24) is 0 Å². The molecule has 0 rings (SSSR count). The highest BCUT2D eigenvalue weighted by Gasteiger charge is 1.95. The summed E-state index contributed by atoms with van der Waals surface area (Å²) in [5.41, 5.74) is 0. The molecule has 0 spiro atoms. The van der Waals surface area contributed by atoms with Crippen molar-refractivity contribution in [2.24, 2.45) is 0 Å². The second-order valence-corrected chi connectivity index (χ2v) is 4.63. The Morgan fingerprint density at radius 1 is 1.10 bits per heavy atom. The van der Waals surface area contributed by atoms with Crippen LogP contribution in [-0.4, -0.2) is 22.3 Å². The quantitative estimate of drug-likeness (QED) is 0.368. The lowest BCUT2D eigenvalue weighted by Gasteiger charge is -1.97. The molecule has 0 amide bonds. The number of aliphatic hydroxyl groups excluding tert-OH is 1. The summed E-state index contributed by atoms with van der Waals surface area (Å²) < 4.78 is 0. The van der Waals surface area contributed by atoms with Crippen LogP contribution in [0.3, 0.4) is 0 Å². The van der Waals surface area contributed by atoms with E-state index in [0.29, 0.717) is 6.42 Å². The Kier molecular flexibility index (Phi) is 13.1. The van der Waals surface area contributed by atoms with Gasteiger partial charge in [-0.2, -0.15) is 0 Å². The maximum Gasteiger partial charge on any atom is 0.303 e. The van der Waals surface area contributed by atoms with E-state index < -0.39 is 12.1 Å². The summed E-state index contributed by atoms with van der Waals surface area (Å²) in [6, 6.07) is 0. The van der Waals surface area contributed by atoms with Crippen LogP contribution in [0.5, 0.6) is 0 Å². The molecule has 0 radical (unpaired) electrons. The second kappa shape index (κ2) is 14.4. The first-order valence-corrected chi connectivity index (χ1v) is 7.32. The number of aliphatic carboxylic acids is 1. The number of aliphatic hydroxyl groups is 1. The third kappa shape index (κ3) is 16.0. The highest BCUT2D eigenvalue weighted by atomic mass is 16.4. The van der Waals surface area contributed by atoms with Gasteiger partial charge in [-0.1, -0.05) is 55.9 Å². The summed E-state index contributed by atoms with van der Waals surface area (Å²) in [4.78, 5) is 10.3. The fourth-order valence-electron chi connectivity index (χ4n) is 1.59. The molecule has 21 heavy (non-hydrogen) atoms. The zero-order chi connectivity index (χ0) is 15.8. The number of carboxylic acid groups (broad SMARTS) is 1. The summed E-state index contributed by atoms with van der Waals surface area (Å²) in [6.45, 7) is 3.41. The van der Waals surface area contributed by atoms with Gasteiger partial charge >= 0.3 is 5.97 Å². The highest BCUT2D eigenvalue weighted by molar-refractivity contribution is 5.66. The normalized spacial score (nSPS) is 11.1. The van der Waals surface area contributed by atoms with Crippen molar-refractivity contribution in [2.45, 2.75) is 57.5 Å². The Bertz CT molecular complexity index is 441. The highest BCUT2D eigenvalue weighted by Crippen LogP contribution is 2.07. The van der Waals surface area contributed by atoms with Crippen LogP contribution in [-0.2, 0) is 4.79 Å². The first kappa shape index (κ1) is 19.0. The van der Waals surface area contributed by atoms with Crippen molar-refractivity contribution < 1.29 is 15.0 Å². The van der Waals surface area contributed by atoms with E-state index in [2.05, 4.69) is 36.3 Å². The van der Waals surface area contributed by atoms with Crippen LogP contribution >= 0.6 is 0 Å². The summed E-state index contributed by atoms with van der Waals surface area (Å²) in [6.07, 6.45) is 11.8. The van der Waals surface area contributed by atoms with E-state index in [0.717, 1.165) is 38.5 Å². The van der Waals surface area contributed by atoms with E-state index in [-0.39, 0.29) is 6.42 Å². The lowest BCUT2D eigenvalue weighted by Crippen LogP contribution is -1.94. The van der Waals surface area contributed by atoms with Crippen LogP contribution in [0.1, 0.15) is 51.4 Å². The molecule has 0 bridgehead atoms. The van der Waals surface area contributed by atoms with Crippen LogP contribution in [0, 0.1) is 23.7 Å². The minimum atomic E-state index is -0.801. The van der Waals surface area contributed by atoms with Gasteiger partial charge in [0, 0.05) is 12.8 Å². The minimum absolute atomic E-state index is 0.283. The lowest BCUT2D eigenvalue weighted by molar-refractivity contribution is -0.137. The number of hydrogen-bond donors (Lipinski definition) is 2. The van der Waals surface area contributed by atoms with Gasteiger partial charge in [0.15, 0.2) is 0 Å². The first-order chi connectivity index (χ1) is 10.2. The number of carbonyl (C=O) groups is 1. The Morgan fingerprint density at radius 2 is 1.81 bits per heavy atom. The molecule has 1 atom stereocenters. The fraction of sp³-hybridized carbons (Fsp3) is 0.500.